The van der Waals surface area contributed by atoms with Crippen molar-refractivity contribution in [2.75, 3.05) is 7.11 Å². The molecule has 0 N–H and O–H groups in total. The molecular weight excluding hydrogens is 176 g/mol. The van der Waals surface area contributed by atoms with Crippen LogP contribution in [0.4, 0.5) is 0 Å². The van der Waals surface area contributed by atoms with Crippen LogP contribution in [0.15, 0.2) is 36.0 Å². The molecule has 0 bridgehead atoms. The van der Waals surface area contributed by atoms with E-state index in [2.05, 4.69) is 4.98 Å². The van der Waals surface area contributed by atoms with Crippen molar-refractivity contribution in [3.05, 3.63) is 46.6 Å². The molecule has 0 saturated carbocycles. The van der Waals surface area contributed by atoms with Gasteiger partial charge in [0.05, 0.1) is 7.11 Å². The predicted molar refractivity (Wildman–Crippen MR) is 55.5 cm³/mol. The molecule has 0 atom stereocenters. The highest BCUT2D eigenvalue weighted by Gasteiger charge is 1.99. The molecule has 72 valence electrons. The number of rotatable bonds is 3. The van der Waals surface area contributed by atoms with Crippen molar-refractivity contribution in [3.63, 3.8) is 0 Å². The molecule has 0 saturated heterocycles. The van der Waals surface area contributed by atoms with Crippen LogP contribution in [0, 0.1) is 5.39 Å². The summed E-state index contributed by atoms with van der Waals surface area (Å²) in [6.07, 6.45) is 2.23. The van der Waals surface area contributed by atoms with E-state index in [1.807, 2.05) is 31.2 Å². The Balaban J connectivity index is 2.70. The molecule has 0 aliphatic rings. The fourth-order valence-electron chi connectivity index (χ4n) is 1.21. The molecule has 0 fully saturated rings. The standard InChI is InChI=1S/C11H13N2O/c1-9(8-13-12)7-10-3-5-11(14-2)6-4-10/h3-6,8H,7H2,1-2H3/q+1/b9-8+. The van der Waals surface area contributed by atoms with Crippen LogP contribution in [-0.2, 0) is 6.42 Å². The molecule has 1 aromatic rings. The van der Waals surface area contributed by atoms with Gasteiger partial charge in [-0.25, -0.2) is 0 Å². The Labute approximate surface area is 83.6 Å². The average Bonchev–Trinajstić information content (AvgIpc) is 2.19. The number of hydrogen-bond donors (Lipinski definition) is 0. The summed E-state index contributed by atoms with van der Waals surface area (Å²) in [5.74, 6) is 0.849. The summed E-state index contributed by atoms with van der Waals surface area (Å²) in [6, 6.07) is 7.82. The van der Waals surface area contributed by atoms with Crippen LogP contribution in [0.2, 0.25) is 0 Å². The second-order valence-corrected chi connectivity index (χ2v) is 3.12. The molecule has 3 nitrogen and oxygen atoms in total. The van der Waals surface area contributed by atoms with Gasteiger partial charge in [0.25, 0.3) is 0 Å². The van der Waals surface area contributed by atoms with Gasteiger partial charge in [-0.1, -0.05) is 12.1 Å². The molecule has 0 radical (unpaired) electrons. The highest BCUT2D eigenvalue weighted by molar-refractivity contribution is 5.29. The third-order valence-electron chi connectivity index (χ3n) is 1.92. The number of benzene rings is 1. The molecule has 0 spiro atoms. The number of methoxy groups -OCH3 is 1. The lowest BCUT2D eigenvalue weighted by atomic mass is 10.1. The minimum atomic E-state index is 0.786. The highest BCUT2D eigenvalue weighted by atomic mass is 16.5. The number of hydrogen-bond acceptors (Lipinski definition) is 2. The fourth-order valence-corrected chi connectivity index (χ4v) is 1.21. The van der Waals surface area contributed by atoms with Crippen molar-refractivity contribution in [2.45, 2.75) is 13.3 Å². The van der Waals surface area contributed by atoms with Gasteiger partial charge in [0.1, 0.15) is 5.75 Å². The number of allylic oxidation sites excluding steroid dienone is 1. The third kappa shape index (κ3) is 2.91. The molecule has 0 aromatic heterocycles. The Morgan fingerprint density at radius 2 is 2.07 bits per heavy atom. The topological polar surface area (TPSA) is 37.4 Å². The minimum absolute atomic E-state index is 0.786. The quantitative estimate of drug-likeness (QED) is 0.685. The van der Waals surface area contributed by atoms with Crippen molar-refractivity contribution in [1.29, 1.82) is 5.39 Å². The summed E-state index contributed by atoms with van der Waals surface area (Å²) in [7, 11) is 1.64. The summed E-state index contributed by atoms with van der Waals surface area (Å²) in [5.41, 5.74) is 2.18. The van der Waals surface area contributed by atoms with E-state index in [9.17, 15) is 0 Å². The van der Waals surface area contributed by atoms with E-state index in [0.29, 0.717) is 0 Å². The maximum Gasteiger partial charge on any atom is 0.349 e. The largest absolute Gasteiger partial charge is 0.497 e. The van der Waals surface area contributed by atoms with Gasteiger partial charge in [0, 0.05) is 12.0 Å². The maximum absolute atomic E-state index is 8.33. The van der Waals surface area contributed by atoms with E-state index in [-0.39, 0.29) is 0 Å². The van der Waals surface area contributed by atoms with Gasteiger partial charge in [0.2, 0.25) is 5.39 Å². The van der Waals surface area contributed by atoms with Crippen molar-refractivity contribution in [1.82, 2.24) is 0 Å². The van der Waals surface area contributed by atoms with Gasteiger partial charge in [-0.3, -0.25) is 0 Å². The maximum atomic E-state index is 8.33. The van der Waals surface area contributed by atoms with Crippen LogP contribution in [0.25, 0.3) is 4.98 Å². The Hall–Kier alpha value is -1.82. The zero-order valence-corrected chi connectivity index (χ0v) is 8.40. The van der Waals surface area contributed by atoms with Gasteiger partial charge in [-0.05, 0) is 24.6 Å². The van der Waals surface area contributed by atoms with Gasteiger partial charge in [-0.15, -0.1) is 0 Å². The first-order valence-corrected chi connectivity index (χ1v) is 4.39. The normalized spacial score (nSPS) is 10.8. The van der Waals surface area contributed by atoms with E-state index in [4.69, 9.17) is 10.1 Å². The van der Waals surface area contributed by atoms with Crippen LogP contribution in [0.1, 0.15) is 12.5 Å². The zero-order valence-electron chi connectivity index (χ0n) is 8.40. The van der Waals surface area contributed by atoms with E-state index in [1.54, 1.807) is 7.11 Å². The summed E-state index contributed by atoms with van der Waals surface area (Å²) in [5, 5.41) is 8.33. The molecule has 0 aliphatic heterocycles. The molecule has 0 amide bonds. The lowest BCUT2D eigenvalue weighted by molar-refractivity contribution is 0.414. The van der Waals surface area contributed by atoms with Crippen molar-refractivity contribution in [2.24, 2.45) is 0 Å². The lowest BCUT2D eigenvalue weighted by Crippen LogP contribution is -1.87. The molecule has 0 unspecified atom stereocenters. The molecule has 14 heavy (non-hydrogen) atoms. The Morgan fingerprint density at radius 3 is 2.57 bits per heavy atom. The third-order valence-corrected chi connectivity index (χ3v) is 1.92. The smallest absolute Gasteiger partial charge is 0.349 e. The van der Waals surface area contributed by atoms with Gasteiger partial charge >= 0.3 is 6.20 Å². The van der Waals surface area contributed by atoms with Gasteiger partial charge < -0.3 is 4.74 Å². The second kappa shape index (κ2) is 5.03. The van der Waals surface area contributed by atoms with E-state index in [1.165, 1.54) is 11.8 Å². The summed E-state index contributed by atoms with van der Waals surface area (Å²) < 4.78 is 5.05. The fraction of sp³-hybridized carbons (Fsp3) is 0.273. The first kappa shape index (κ1) is 10.3. The highest BCUT2D eigenvalue weighted by Crippen LogP contribution is 2.14. The van der Waals surface area contributed by atoms with Crippen molar-refractivity contribution >= 4 is 0 Å². The van der Waals surface area contributed by atoms with Crippen molar-refractivity contribution in [3.8, 4) is 5.75 Å². The van der Waals surface area contributed by atoms with Crippen molar-refractivity contribution < 1.29 is 4.74 Å². The molecular formula is C11H13N2O+. The van der Waals surface area contributed by atoms with Crippen LogP contribution in [-0.4, -0.2) is 7.11 Å². The SMILES string of the molecule is COc1ccc(C/C(C)=C/[N+]#N)cc1. The molecule has 1 rings (SSSR count). The zero-order chi connectivity index (χ0) is 10.4. The van der Waals surface area contributed by atoms with E-state index < -0.39 is 0 Å². The Kier molecular flexibility index (Phi) is 3.69. The average molecular weight is 189 g/mol. The summed E-state index contributed by atoms with van der Waals surface area (Å²) >= 11 is 0. The van der Waals surface area contributed by atoms with Crippen LogP contribution in [0.5, 0.6) is 5.75 Å². The number of nitrogens with zero attached hydrogens (tertiary/aromatic N) is 2. The van der Waals surface area contributed by atoms with Crippen LogP contribution >= 0.6 is 0 Å². The molecule has 0 aliphatic carbocycles. The Bertz CT molecular complexity index is 360. The van der Waals surface area contributed by atoms with Gasteiger partial charge in [0.15, 0.2) is 4.98 Å². The first-order chi connectivity index (χ1) is 6.76. The summed E-state index contributed by atoms with van der Waals surface area (Å²) in [4.78, 5) is 2.98. The minimum Gasteiger partial charge on any atom is -0.497 e. The van der Waals surface area contributed by atoms with Crippen LogP contribution in [0.3, 0.4) is 0 Å². The predicted octanol–water partition coefficient (Wildman–Crippen LogP) is 2.99. The summed E-state index contributed by atoms with van der Waals surface area (Å²) in [6.45, 7) is 1.92. The lowest BCUT2D eigenvalue weighted by Gasteiger charge is -2.01. The monoisotopic (exact) mass is 189 g/mol. The Morgan fingerprint density at radius 1 is 1.43 bits per heavy atom. The van der Waals surface area contributed by atoms with Gasteiger partial charge in [-0.2, -0.15) is 0 Å². The number of diazo groups is 1. The second-order valence-electron chi connectivity index (χ2n) is 3.12. The van der Waals surface area contributed by atoms with Crippen LogP contribution < -0.4 is 4.74 Å². The molecule has 3 heteroatoms. The first-order valence-electron chi connectivity index (χ1n) is 4.39. The number of ether oxygens (including phenoxy) is 1. The van der Waals surface area contributed by atoms with E-state index >= 15 is 0 Å². The molecule has 0 heterocycles. The van der Waals surface area contributed by atoms with E-state index in [0.717, 1.165) is 17.7 Å². The molecule has 1 aromatic carbocycles.